The van der Waals surface area contributed by atoms with Crippen LogP contribution in [-0.2, 0) is 4.74 Å². The summed E-state index contributed by atoms with van der Waals surface area (Å²) < 4.78 is 40.6. The fourth-order valence-electron chi connectivity index (χ4n) is 0.656. The predicted molar refractivity (Wildman–Crippen MR) is 44.4 cm³/mol. The van der Waals surface area contributed by atoms with E-state index in [-0.39, 0.29) is 6.73 Å². The first kappa shape index (κ1) is 12.7. The molecule has 0 fully saturated rings. The van der Waals surface area contributed by atoms with E-state index in [1.807, 2.05) is 0 Å². The second-order valence-corrected chi connectivity index (χ2v) is 4.02. The van der Waals surface area contributed by atoms with Crippen molar-refractivity contribution in [3.8, 4) is 0 Å². The molecule has 0 aromatic rings. The van der Waals surface area contributed by atoms with Crippen molar-refractivity contribution in [2.75, 3.05) is 20.3 Å². The van der Waals surface area contributed by atoms with E-state index >= 15 is 0 Å². The molecule has 0 amide bonds. The van der Waals surface area contributed by atoms with Gasteiger partial charge in [0.2, 0.25) is 0 Å². The normalized spacial score (nSPS) is 13.8. The van der Waals surface area contributed by atoms with E-state index in [0.29, 0.717) is 0 Å². The van der Waals surface area contributed by atoms with E-state index in [1.54, 1.807) is 20.8 Å². The summed E-state index contributed by atoms with van der Waals surface area (Å²) in [4.78, 5) is 1.09. The average molecular weight is 199 g/mol. The summed E-state index contributed by atoms with van der Waals surface area (Å²) in [5, 5.41) is 0. The van der Waals surface area contributed by atoms with Crippen molar-refractivity contribution in [2.24, 2.45) is 0 Å². The fraction of sp³-hybridized carbons (Fsp3) is 1.00. The Balaban J connectivity index is 3.70. The molecule has 0 aromatic carbocycles. The molecule has 0 saturated heterocycles. The van der Waals surface area contributed by atoms with Gasteiger partial charge < -0.3 is 4.74 Å². The summed E-state index contributed by atoms with van der Waals surface area (Å²) in [5.41, 5.74) is -0.403. The minimum Gasteiger partial charge on any atom is -0.361 e. The lowest BCUT2D eigenvalue weighted by Crippen LogP contribution is -2.35. The second-order valence-electron chi connectivity index (χ2n) is 4.02. The van der Waals surface area contributed by atoms with Gasteiger partial charge in [0, 0.05) is 0 Å². The zero-order valence-corrected chi connectivity index (χ0v) is 8.40. The summed E-state index contributed by atoms with van der Waals surface area (Å²) in [7, 11) is 1.37. The summed E-state index contributed by atoms with van der Waals surface area (Å²) in [6, 6.07) is 0. The van der Waals surface area contributed by atoms with Crippen LogP contribution in [0.1, 0.15) is 20.8 Å². The van der Waals surface area contributed by atoms with Gasteiger partial charge in [0.05, 0.1) is 18.9 Å². The molecule has 80 valence electrons. The lowest BCUT2D eigenvalue weighted by atomic mass is 10.2. The lowest BCUT2D eigenvalue weighted by molar-refractivity contribution is -0.161. The summed E-state index contributed by atoms with van der Waals surface area (Å²) >= 11 is 0. The molecule has 13 heavy (non-hydrogen) atoms. The third-order valence-electron chi connectivity index (χ3n) is 1.17. The number of hydrogen-bond donors (Lipinski definition) is 0. The molecule has 0 spiro atoms. The third kappa shape index (κ3) is 9.63. The maximum absolute atomic E-state index is 11.8. The molecule has 0 aliphatic rings. The number of halogens is 3. The number of alkyl halides is 3. The molecule has 5 heteroatoms. The Labute approximate surface area is 76.7 Å². The van der Waals surface area contributed by atoms with Crippen molar-refractivity contribution in [3.63, 3.8) is 0 Å². The SMILES string of the molecule is CN(COC(C)(C)C)CC(F)(F)F. The van der Waals surface area contributed by atoms with Gasteiger partial charge in [0.25, 0.3) is 0 Å². The van der Waals surface area contributed by atoms with Gasteiger partial charge in [-0.3, -0.25) is 4.90 Å². The zero-order valence-electron chi connectivity index (χ0n) is 8.40. The maximum Gasteiger partial charge on any atom is 0.401 e. The molecule has 0 aliphatic carbocycles. The van der Waals surface area contributed by atoms with Crippen LogP contribution in [0.15, 0.2) is 0 Å². The van der Waals surface area contributed by atoms with Crippen LogP contribution in [0, 0.1) is 0 Å². The van der Waals surface area contributed by atoms with Gasteiger partial charge in [0.15, 0.2) is 0 Å². The Morgan fingerprint density at radius 2 is 1.62 bits per heavy atom. The molecule has 0 atom stereocenters. The number of nitrogens with zero attached hydrogens (tertiary/aromatic N) is 1. The molecule has 2 nitrogen and oxygen atoms in total. The largest absolute Gasteiger partial charge is 0.401 e. The standard InChI is InChI=1S/C8H16F3NO/c1-7(2,3)13-6-12(4)5-8(9,10)11/h5-6H2,1-4H3. The minimum atomic E-state index is -4.16. The highest BCUT2D eigenvalue weighted by Crippen LogP contribution is 2.16. The molecule has 0 heterocycles. The topological polar surface area (TPSA) is 12.5 Å². The van der Waals surface area contributed by atoms with Crippen molar-refractivity contribution in [1.82, 2.24) is 4.90 Å². The van der Waals surface area contributed by atoms with Crippen LogP contribution >= 0.6 is 0 Å². The van der Waals surface area contributed by atoms with Gasteiger partial charge >= 0.3 is 6.18 Å². The highest BCUT2D eigenvalue weighted by molar-refractivity contribution is 4.60. The summed E-state index contributed by atoms with van der Waals surface area (Å²) in [5.74, 6) is 0. The third-order valence-corrected chi connectivity index (χ3v) is 1.17. The minimum absolute atomic E-state index is 0.0109. The monoisotopic (exact) mass is 199 g/mol. The Hall–Kier alpha value is -0.290. The highest BCUT2D eigenvalue weighted by Gasteiger charge is 2.29. The molecule has 0 unspecified atom stereocenters. The van der Waals surface area contributed by atoms with E-state index in [1.165, 1.54) is 7.05 Å². The zero-order chi connectivity index (χ0) is 10.7. The molecule has 0 aromatic heterocycles. The van der Waals surface area contributed by atoms with Crippen LogP contribution in [0.3, 0.4) is 0 Å². The van der Waals surface area contributed by atoms with E-state index in [4.69, 9.17) is 4.74 Å². The number of hydrogen-bond acceptors (Lipinski definition) is 2. The van der Waals surface area contributed by atoms with Gasteiger partial charge in [-0.05, 0) is 27.8 Å². The Bertz CT molecular complexity index is 150. The van der Waals surface area contributed by atoms with Gasteiger partial charge in [-0.2, -0.15) is 13.2 Å². The van der Waals surface area contributed by atoms with E-state index in [0.717, 1.165) is 4.90 Å². The fourth-order valence-corrected chi connectivity index (χ4v) is 0.656. The van der Waals surface area contributed by atoms with E-state index in [9.17, 15) is 13.2 Å². The second kappa shape index (κ2) is 4.28. The van der Waals surface area contributed by atoms with Crippen LogP contribution in [0.5, 0.6) is 0 Å². The molecule has 0 bridgehead atoms. The molecule has 0 aliphatic heterocycles. The summed E-state index contributed by atoms with van der Waals surface area (Å²) in [6.45, 7) is 4.45. The molecular weight excluding hydrogens is 183 g/mol. The maximum atomic E-state index is 11.8. The summed E-state index contributed by atoms with van der Waals surface area (Å²) in [6.07, 6.45) is -4.16. The molecule has 0 radical (unpaired) electrons. The molecule has 0 N–H and O–H groups in total. The van der Waals surface area contributed by atoms with Crippen molar-refractivity contribution in [3.05, 3.63) is 0 Å². The average Bonchev–Trinajstić information content (AvgIpc) is 1.78. The first-order valence-corrected chi connectivity index (χ1v) is 3.99. The number of ether oxygens (including phenoxy) is 1. The van der Waals surface area contributed by atoms with Crippen molar-refractivity contribution >= 4 is 0 Å². The smallest absolute Gasteiger partial charge is 0.361 e. The predicted octanol–water partition coefficient (Wildman–Crippen LogP) is 2.25. The van der Waals surface area contributed by atoms with Crippen molar-refractivity contribution < 1.29 is 17.9 Å². The van der Waals surface area contributed by atoms with Gasteiger partial charge in [-0.25, -0.2) is 0 Å². The van der Waals surface area contributed by atoms with Crippen LogP contribution in [-0.4, -0.2) is 37.0 Å². The van der Waals surface area contributed by atoms with Crippen molar-refractivity contribution in [2.45, 2.75) is 32.5 Å². The van der Waals surface area contributed by atoms with Crippen LogP contribution in [0.25, 0.3) is 0 Å². The van der Waals surface area contributed by atoms with Crippen LogP contribution in [0.4, 0.5) is 13.2 Å². The first-order valence-electron chi connectivity index (χ1n) is 3.99. The van der Waals surface area contributed by atoms with E-state index in [2.05, 4.69) is 0 Å². The number of rotatable bonds is 3. The quantitative estimate of drug-likeness (QED) is 0.646. The molecule has 0 saturated carbocycles. The Kier molecular flexibility index (Phi) is 4.19. The molecular formula is C8H16F3NO. The van der Waals surface area contributed by atoms with Gasteiger partial charge in [0.1, 0.15) is 0 Å². The molecule has 0 rings (SSSR count). The van der Waals surface area contributed by atoms with E-state index < -0.39 is 18.3 Å². The van der Waals surface area contributed by atoms with Crippen molar-refractivity contribution in [1.29, 1.82) is 0 Å². The first-order chi connectivity index (χ1) is 5.60. The van der Waals surface area contributed by atoms with Gasteiger partial charge in [-0.15, -0.1) is 0 Å². The van der Waals surface area contributed by atoms with Crippen LogP contribution < -0.4 is 0 Å². The Morgan fingerprint density at radius 3 is 1.92 bits per heavy atom. The van der Waals surface area contributed by atoms with Crippen LogP contribution in [0.2, 0.25) is 0 Å². The Morgan fingerprint density at radius 1 is 1.15 bits per heavy atom. The highest BCUT2D eigenvalue weighted by atomic mass is 19.4. The lowest BCUT2D eigenvalue weighted by Gasteiger charge is -2.25. The van der Waals surface area contributed by atoms with Gasteiger partial charge in [-0.1, -0.05) is 0 Å².